The summed E-state index contributed by atoms with van der Waals surface area (Å²) in [5.74, 6) is 0.381. The van der Waals surface area contributed by atoms with E-state index in [1.807, 2.05) is 6.92 Å². The number of hydrogen-bond donors (Lipinski definition) is 2. The van der Waals surface area contributed by atoms with Crippen LogP contribution in [0.15, 0.2) is 0 Å². The van der Waals surface area contributed by atoms with Crippen molar-refractivity contribution >= 4 is 10.0 Å². The Balaban J connectivity index is 2.56. The maximum Gasteiger partial charge on any atom is 0.215 e. The maximum absolute atomic E-state index is 12.1. The average Bonchev–Trinajstić information content (AvgIpc) is 2.28. The van der Waals surface area contributed by atoms with Gasteiger partial charge in [-0.3, -0.25) is 0 Å². The number of sulfonamides is 1. The smallest absolute Gasteiger partial charge is 0.215 e. The number of rotatable bonds is 5. The molecule has 0 saturated carbocycles. The summed E-state index contributed by atoms with van der Waals surface area (Å²) in [7, 11) is -3.15. The van der Waals surface area contributed by atoms with E-state index >= 15 is 0 Å². The highest BCUT2D eigenvalue weighted by Crippen LogP contribution is 2.14. The van der Waals surface area contributed by atoms with Crippen molar-refractivity contribution in [1.82, 2.24) is 10.0 Å². The zero-order valence-electron chi connectivity index (χ0n) is 10.5. The minimum Gasteiger partial charge on any atom is -0.315 e. The molecule has 1 aliphatic heterocycles. The summed E-state index contributed by atoms with van der Waals surface area (Å²) in [6, 6.07) is 0.0249. The lowest BCUT2D eigenvalue weighted by atomic mass is 10.0. The molecule has 3 unspecified atom stereocenters. The first kappa shape index (κ1) is 13.9. The number of hydrogen-bond acceptors (Lipinski definition) is 3. The summed E-state index contributed by atoms with van der Waals surface area (Å²) in [5.41, 5.74) is 0. The highest BCUT2D eigenvalue weighted by Gasteiger charge is 2.29. The van der Waals surface area contributed by atoms with Crippen molar-refractivity contribution in [1.29, 1.82) is 0 Å². The molecule has 2 N–H and O–H groups in total. The Morgan fingerprint density at radius 2 is 2.12 bits per heavy atom. The molecule has 0 aromatic heterocycles. The van der Waals surface area contributed by atoms with E-state index in [0.29, 0.717) is 12.5 Å². The summed E-state index contributed by atoms with van der Waals surface area (Å²) < 4.78 is 26.9. The van der Waals surface area contributed by atoms with Gasteiger partial charge in [0.15, 0.2) is 0 Å². The Kier molecular flexibility index (Phi) is 5.21. The van der Waals surface area contributed by atoms with E-state index in [9.17, 15) is 8.42 Å². The molecule has 1 rings (SSSR count). The van der Waals surface area contributed by atoms with Crippen molar-refractivity contribution in [3.05, 3.63) is 0 Å². The molecule has 1 aliphatic rings. The molecular weight excluding hydrogens is 224 g/mol. The third-order valence-electron chi connectivity index (χ3n) is 3.54. The molecule has 0 amide bonds. The highest BCUT2D eigenvalue weighted by molar-refractivity contribution is 7.90. The van der Waals surface area contributed by atoms with Crippen LogP contribution in [0.3, 0.4) is 0 Å². The lowest BCUT2D eigenvalue weighted by Gasteiger charge is -2.26. The van der Waals surface area contributed by atoms with Gasteiger partial charge in [-0.1, -0.05) is 20.3 Å². The van der Waals surface area contributed by atoms with Crippen LogP contribution in [0, 0.1) is 5.92 Å². The lowest BCUT2D eigenvalue weighted by molar-refractivity contribution is 0.423. The Morgan fingerprint density at radius 1 is 1.44 bits per heavy atom. The zero-order chi connectivity index (χ0) is 12.2. The third kappa shape index (κ3) is 3.71. The van der Waals surface area contributed by atoms with Gasteiger partial charge in [0.1, 0.15) is 0 Å². The van der Waals surface area contributed by atoms with Gasteiger partial charge < -0.3 is 5.32 Å². The van der Waals surface area contributed by atoms with Crippen LogP contribution < -0.4 is 10.0 Å². The average molecular weight is 248 g/mol. The van der Waals surface area contributed by atoms with Gasteiger partial charge in [0.05, 0.1) is 5.25 Å². The van der Waals surface area contributed by atoms with Crippen molar-refractivity contribution in [2.24, 2.45) is 5.92 Å². The normalized spacial score (nSPS) is 26.3. The van der Waals surface area contributed by atoms with Gasteiger partial charge in [0.2, 0.25) is 10.0 Å². The maximum atomic E-state index is 12.1. The SMILES string of the molecule is CCC(C)C(C)NS(=O)(=O)C1CCCNC1. The third-order valence-corrected chi connectivity index (χ3v) is 5.52. The van der Waals surface area contributed by atoms with Gasteiger partial charge in [-0.2, -0.15) is 0 Å². The predicted octanol–water partition coefficient (Wildman–Crippen LogP) is 1.09. The van der Waals surface area contributed by atoms with E-state index in [1.165, 1.54) is 0 Å². The fourth-order valence-corrected chi connectivity index (χ4v) is 3.67. The minimum atomic E-state index is -3.15. The molecule has 0 radical (unpaired) electrons. The Hall–Kier alpha value is -0.130. The molecule has 16 heavy (non-hydrogen) atoms. The summed E-state index contributed by atoms with van der Waals surface area (Å²) in [5, 5.41) is 2.88. The first-order valence-electron chi connectivity index (χ1n) is 6.19. The van der Waals surface area contributed by atoms with Gasteiger partial charge in [-0.15, -0.1) is 0 Å². The van der Waals surface area contributed by atoms with Crippen LogP contribution in [0.1, 0.15) is 40.0 Å². The second kappa shape index (κ2) is 5.98. The standard InChI is InChI=1S/C11H24N2O2S/c1-4-9(2)10(3)13-16(14,15)11-6-5-7-12-8-11/h9-13H,4-8H2,1-3H3. The van der Waals surface area contributed by atoms with E-state index in [-0.39, 0.29) is 11.3 Å². The predicted molar refractivity (Wildman–Crippen MR) is 66.9 cm³/mol. The monoisotopic (exact) mass is 248 g/mol. The minimum absolute atomic E-state index is 0.0249. The van der Waals surface area contributed by atoms with Crippen molar-refractivity contribution in [3.63, 3.8) is 0 Å². The van der Waals surface area contributed by atoms with Gasteiger partial charge in [0.25, 0.3) is 0 Å². The largest absolute Gasteiger partial charge is 0.315 e. The van der Waals surface area contributed by atoms with Crippen LogP contribution in [0.2, 0.25) is 0 Å². The first-order valence-corrected chi connectivity index (χ1v) is 7.74. The van der Waals surface area contributed by atoms with E-state index < -0.39 is 10.0 Å². The Morgan fingerprint density at radius 3 is 2.62 bits per heavy atom. The molecular formula is C11H24N2O2S. The van der Waals surface area contributed by atoms with E-state index in [2.05, 4.69) is 23.9 Å². The summed E-state index contributed by atoms with van der Waals surface area (Å²) >= 11 is 0. The Bertz CT molecular complexity index is 297. The first-order chi connectivity index (χ1) is 7.47. The van der Waals surface area contributed by atoms with E-state index in [1.54, 1.807) is 0 Å². The van der Waals surface area contributed by atoms with Crippen molar-refractivity contribution in [2.45, 2.75) is 51.3 Å². The van der Waals surface area contributed by atoms with Crippen LogP contribution in [0.4, 0.5) is 0 Å². The van der Waals surface area contributed by atoms with Crippen LogP contribution in [-0.4, -0.2) is 32.8 Å². The van der Waals surface area contributed by atoms with Gasteiger partial charge in [-0.05, 0) is 32.2 Å². The molecule has 1 saturated heterocycles. The molecule has 0 aromatic rings. The molecule has 0 spiro atoms. The molecule has 0 bridgehead atoms. The second-order valence-corrected chi connectivity index (χ2v) is 6.80. The molecule has 1 fully saturated rings. The van der Waals surface area contributed by atoms with E-state index in [4.69, 9.17) is 0 Å². The lowest BCUT2D eigenvalue weighted by Crippen LogP contribution is -2.48. The van der Waals surface area contributed by atoms with E-state index in [0.717, 1.165) is 25.8 Å². The fraction of sp³-hybridized carbons (Fsp3) is 1.00. The number of piperidine rings is 1. The molecule has 96 valence electrons. The van der Waals surface area contributed by atoms with Crippen molar-refractivity contribution in [2.75, 3.05) is 13.1 Å². The molecule has 0 aromatic carbocycles. The fourth-order valence-electron chi connectivity index (χ4n) is 1.91. The van der Waals surface area contributed by atoms with Crippen LogP contribution in [0.25, 0.3) is 0 Å². The molecule has 4 nitrogen and oxygen atoms in total. The van der Waals surface area contributed by atoms with Gasteiger partial charge in [-0.25, -0.2) is 13.1 Å². The molecule has 0 aliphatic carbocycles. The summed E-state index contributed by atoms with van der Waals surface area (Å²) in [6.45, 7) is 7.63. The molecule has 1 heterocycles. The zero-order valence-corrected chi connectivity index (χ0v) is 11.3. The van der Waals surface area contributed by atoms with Crippen molar-refractivity contribution in [3.8, 4) is 0 Å². The highest BCUT2D eigenvalue weighted by atomic mass is 32.2. The van der Waals surface area contributed by atoms with Crippen molar-refractivity contribution < 1.29 is 8.42 Å². The summed E-state index contributed by atoms with van der Waals surface area (Å²) in [4.78, 5) is 0. The molecule has 3 atom stereocenters. The quantitative estimate of drug-likeness (QED) is 0.766. The van der Waals surface area contributed by atoms with Gasteiger partial charge in [0, 0.05) is 12.6 Å². The van der Waals surface area contributed by atoms with Gasteiger partial charge >= 0.3 is 0 Å². The van der Waals surface area contributed by atoms with Crippen LogP contribution in [0.5, 0.6) is 0 Å². The van der Waals surface area contributed by atoms with Crippen LogP contribution in [-0.2, 0) is 10.0 Å². The second-order valence-electron chi connectivity index (χ2n) is 4.81. The Labute approximate surface area is 99.2 Å². The number of nitrogens with one attached hydrogen (secondary N) is 2. The molecule has 5 heteroatoms. The topological polar surface area (TPSA) is 58.2 Å². The summed E-state index contributed by atoms with van der Waals surface area (Å²) in [6.07, 6.45) is 2.71. The van der Waals surface area contributed by atoms with Crippen LogP contribution >= 0.6 is 0 Å².